The molecule has 0 spiro atoms. The number of likely N-dealkylation sites (tertiary alicyclic amines) is 2. The molecule has 130 valence electrons. The number of nitrogens with zero attached hydrogens (tertiary/aromatic N) is 2. The van der Waals surface area contributed by atoms with Crippen LogP contribution in [0.2, 0.25) is 0 Å². The SMILES string of the molecule is Cc1cccc(CN2CC[C@H]3CN(C(=O)C4CC4)C[C@@]3(CO)C2)c1. The number of fused-ring (bicyclic) bond motifs is 1. The first-order chi connectivity index (χ1) is 11.6. The topological polar surface area (TPSA) is 43.8 Å². The summed E-state index contributed by atoms with van der Waals surface area (Å²) in [6.07, 6.45) is 3.21. The van der Waals surface area contributed by atoms with Crippen molar-refractivity contribution >= 4 is 5.91 Å². The zero-order valence-electron chi connectivity index (χ0n) is 14.6. The third kappa shape index (κ3) is 2.98. The van der Waals surface area contributed by atoms with Gasteiger partial charge >= 0.3 is 0 Å². The van der Waals surface area contributed by atoms with Crippen LogP contribution in [0.1, 0.15) is 30.4 Å². The number of aryl methyl sites for hydroxylation is 1. The molecule has 4 rings (SSSR count). The number of hydrogen-bond donors (Lipinski definition) is 1. The molecule has 3 aliphatic rings. The maximum absolute atomic E-state index is 12.4. The third-order valence-electron chi connectivity index (χ3n) is 6.19. The predicted octanol–water partition coefficient (Wildman–Crippen LogP) is 2.05. The van der Waals surface area contributed by atoms with E-state index in [1.807, 2.05) is 0 Å². The lowest BCUT2D eigenvalue weighted by atomic mass is 9.74. The van der Waals surface area contributed by atoms with Crippen LogP contribution in [0.15, 0.2) is 24.3 Å². The van der Waals surface area contributed by atoms with E-state index >= 15 is 0 Å². The van der Waals surface area contributed by atoms with Crippen molar-refractivity contribution in [2.45, 2.75) is 32.7 Å². The van der Waals surface area contributed by atoms with Crippen molar-refractivity contribution in [3.05, 3.63) is 35.4 Å². The monoisotopic (exact) mass is 328 g/mol. The second kappa shape index (κ2) is 6.16. The van der Waals surface area contributed by atoms with Gasteiger partial charge in [0.05, 0.1) is 6.61 Å². The smallest absolute Gasteiger partial charge is 0.225 e. The molecule has 3 fully saturated rings. The quantitative estimate of drug-likeness (QED) is 0.920. The van der Waals surface area contributed by atoms with E-state index in [0.717, 1.165) is 52.0 Å². The van der Waals surface area contributed by atoms with Crippen molar-refractivity contribution in [3.8, 4) is 0 Å². The Kier molecular flexibility index (Phi) is 4.13. The molecule has 1 N–H and O–H groups in total. The Bertz CT molecular complexity index is 628. The van der Waals surface area contributed by atoms with Crippen LogP contribution in [0, 0.1) is 24.2 Å². The van der Waals surface area contributed by atoms with E-state index in [1.165, 1.54) is 11.1 Å². The second-order valence-electron chi connectivity index (χ2n) is 8.20. The Balaban J connectivity index is 1.46. The van der Waals surface area contributed by atoms with Crippen LogP contribution < -0.4 is 0 Å². The fraction of sp³-hybridized carbons (Fsp3) is 0.650. The maximum Gasteiger partial charge on any atom is 0.225 e. The summed E-state index contributed by atoms with van der Waals surface area (Å²) < 4.78 is 0. The van der Waals surface area contributed by atoms with Crippen LogP contribution in [-0.2, 0) is 11.3 Å². The maximum atomic E-state index is 12.4. The molecule has 2 aliphatic heterocycles. The minimum Gasteiger partial charge on any atom is -0.396 e. The fourth-order valence-corrected chi connectivity index (χ4v) is 4.66. The van der Waals surface area contributed by atoms with Gasteiger partial charge in [0.2, 0.25) is 5.91 Å². The number of piperidine rings is 1. The average Bonchev–Trinajstić information content (AvgIpc) is 3.34. The molecule has 0 unspecified atom stereocenters. The molecule has 4 heteroatoms. The van der Waals surface area contributed by atoms with Gasteiger partial charge in [0.25, 0.3) is 0 Å². The largest absolute Gasteiger partial charge is 0.396 e. The van der Waals surface area contributed by atoms with Crippen molar-refractivity contribution in [3.63, 3.8) is 0 Å². The standard InChI is InChI=1S/C20H28N2O2/c1-15-3-2-4-16(9-15)10-21-8-7-18-11-22(19(24)17-5-6-17)13-20(18,12-21)14-23/h2-4,9,17-18,23H,5-8,10-14H2,1H3/t18-,20+/m0/s1. The number of amides is 1. The van der Waals surface area contributed by atoms with E-state index in [2.05, 4.69) is 41.0 Å². The Labute approximate surface area is 144 Å². The Morgan fingerprint density at radius 1 is 1.29 bits per heavy atom. The van der Waals surface area contributed by atoms with E-state index < -0.39 is 0 Å². The van der Waals surface area contributed by atoms with Gasteiger partial charge in [-0.2, -0.15) is 0 Å². The van der Waals surface area contributed by atoms with Crippen LogP contribution in [-0.4, -0.2) is 53.6 Å². The lowest BCUT2D eigenvalue weighted by Crippen LogP contribution is -2.50. The highest BCUT2D eigenvalue weighted by Crippen LogP contribution is 2.44. The van der Waals surface area contributed by atoms with Gasteiger partial charge < -0.3 is 10.0 Å². The van der Waals surface area contributed by atoms with E-state index in [1.54, 1.807) is 0 Å². The van der Waals surface area contributed by atoms with Crippen LogP contribution in [0.3, 0.4) is 0 Å². The summed E-state index contributed by atoms with van der Waals surface area (Å²) in [7, 11) is 0. The van der Waals surface area contributed by atoms with Gasteiger partial charge in [0, 0.05) is 37.5 Å². The molecule has 0 aromatic heterocycles. The zero-order chi connectivity index (χ0) is 16.7. The Hall–Kier alpha value is -1.39. The van der Waals surface area contributed by atoms with Crippen molar-refractivity contribution in [1.29, 1.82) is 0 Å². The van der Waals surface area contributed by atoms with Gasteiger partial charge in [-0.05, 0) is 44.2 Å². The molecule has 0 radical (unpaired) electrons. The molecule has 1 aromatic rings. The summed E-state index contributed by atoms with van der Waals surface area (Å²) >= 11 is 0. The number of aliphatic hydroxyl groups is 1. The molecule has 1 aromatic carbocycles. The first-order valence-electron chi connectivity index (χ1n) is 9.27. The fourth-order valence-electron chi connectivity index (χ4n) is 4.66. The van der Waals surface area contributed by atoms with Gasteiger partial charge in [-0.1, -0.05) is 29.8 Å². The van der Waals surface area contributed by atoms with Gasteiger partial charge in [0.1, 0.15) is 0 Å². The second-order valence-corrected chi connectivity index (χ2v) is 8.20. The van der Waals surface area contributed by atoms with Gasteiger partial charge in [0.15, 0.2) is 0 Å². The summed E-state index contributed by atoms with van der Waals surface area (Å²) in [6, 6.07) is 8.67. The van der Waals surface area contributed by atoms with Crippen molar-refractivity contribution in [2.24, 2.45) is 17.3 Å². The van der Waals surface area contributed by atoms with E-state index in [9.17, 15) is 9.90 Å². The molecule has 24 heavy (non-hydrogen) atoms. The van der Waals surface area contributed by atoms with Gasteiger partial charge in [-0.3, -0.25) is 9.69 Å². The normalized spacial score (nSPS) is 30.4. The molecule has 2 heterocycles. The van der Waals surface area contributed by atoms with Gasteiger partial charge in [-0.15, -0.1) is 0 Å². The molecular formula is C20H28N2O2. The molecule has 1 amide bonds. The number of aliphatic hydroxyl groups excluding tert-OH is 1. The predicted molar refractivity (Wildman–Crippen MR) is 93.4 cm³/mol. The van der Waals surface area contributed by atoms with Crippen molar-refractivity contribution in [1.82, 2.24) is 9.80 Å². The highest BCUT2D eigenvalue weighted by Gasteiger charge is 2.51. The highest BCUT2D eigenvalue weighted by atomic mass is 16.3. The Morgan fingerprint density at radius 2 is 2.12 bits per heavy atom. The number of carbonyl (C=O) groups is 1. The van der Waals surface area contributed by atoms with E-state index in [-0.39, 0.29) is 17.9 Å². The van der Waals surface area contributed by atoms with Crippen LogP contribution in [0.25, 0.3) is 0 Å². The number of rotatable bonds is 4. The highest BCUT2D eigenvalue weighted by molar-refractivity contribution is 5.81. The molecule has 2 atom stereocenters. The minimum absolute atomic E-state index is 0.118. The molecule has 2 saturated heterocycles. The first kappa shape index (κ1) is 16.1. The molecule has 0 bridgehead atoms. The number of benzene rings is 1. The summed E-state index contributed by atoms with van der Waals surface area (Å²) in [4.78, 5) is 17.0. The van der Waals surface area contributed by atoms with Crippen LogP contribution in [0.5, 0.6) is 0 Å². The summed E-state index contributed by atoms with van der Waals surface area (Å²) in [6.45, 7) is 6.82. The molecular weight excluding hydrogens is 300 g/mol. The molecule has 4 nitrogen and oxygen atoms in total. The molecule has 1 aliphatic carbocycles. The zero-order valence-corrected chi connectivity index (χ0v) is 14.6. The first-order valence-corrected chi connectivity index (χ1v) is 9.27. The third-order valence-corrected chi connectivity index (χ3v) is 6.19. The summed E-state index contributed by atoms with van der Waals surface area (Å²) in [5, 5.41) is 10.2. The van der Waals surface area contributed by atoms with E-state index in [4.69, 9.17) is 0 Å². The average molecular weight is 328 g/mol. The van der Waals surface area contributed by atoms with Gasteiger partial charge in [-0.25, -0.2) is 0 Å². The molecule has 1 saturated carbocycles. The number of hydrogen-bond acceptors (Lipinski definition) is 3. The van der Waals surface area contributed by atoms with Crippen LogP contribution >= 0.6 is 0 Å². The van der Waals surface area contributed by atoms with Crippen molar-refractivity contribution in [2.75, 3.05) is 32.8 Å². The Morgan fingerprint density at radius 3 is 2.83 bits per heavy atom. The lowest BCUT2D eigenvalue weighted by Gasteiger charge is -2.43. The van der Waals surface area contributed by atoms with Crippen LogP contribution in [0.4, 0.5) is 0 Å². The van der Waals surface area contributed by atoms with E-state index in [0.29, 0.717) is 11.8 Å². The lowest BCUT2D eigenvalue weighted by molar-refractivity contribution is -0.132. The number of carbonyl (C=O) groups excluding carboxylic acids is 1. The van der Waals surface area contributed by atoms with Crippen molar-refractivity contribution < 1.29 is 9.90 Å². The summed E-state index contributed by atoms with van der Waals surface area (Å²) in [5.41, 5.74) is 2.51. The minimum atomic E-state index is -0.118. The summed E-state index contributed by atoms with van der Waals surface area (Å²) in [5.74, 6) is 1.07.